The van der Waals surface area contributed by atoms with Gasteiger partial charge in [0.1, 0.15) is 42.8 Å². The van der Waals surface area contributed by atoms with Crippen LogP contribution in [-0.2, 0) is 0 Å². The van der Waals surface area contributed by atoms with Crippen LogP contribution in [0.25, 0.3) is 22.5 Å². The Hall–Kier alpha value is -6.24. The number of nitrogen functional groups attached to an aromatic ring is 2. The van der Waals surface area contributed by atoms with E-state index < -0.39 is 11.7 Å². The van der Waals surface area contributed by atoms with E-state index in [0.29, 0.717) is 37.9 Å². The number of nitrogens with one attached hydrogen (secondary N) is 2. The molecule has 0 spiro atoms. The minimum absolute atomic E-state index is 0.0650. The number of primary amides is 1. The van der Waals surface area contributed by atoms with Crippen molar-refractivity contribution in [1.29, 1.82) is 5.26 Å². The lowest BCUT2D eigenvalue weighted by molar-refractivity contribution is 0.0995. The van der Waals surface area contributed by atoms with Crippen LogP contribution in [0.4, 0.5) is 21.4 Å². The molecule has 1 amide bonds. The highest BCUT2D eigenvalue weighted by Crippen LogP contribution is 2.40. The first-order chi connectivity index (χ1) is 26.7. The van der Waals surface area contributed by atoms with Crippen LogP contribution in [0.1, 0.15) is 98.2 Å². The molecule has 6 aromatic rings. The van der Waals surface area contributed by atoms with Crippen LogP contribution in [0, 0.1) is 11.3 Å². The molecule has 2 saturated carbocycles. The van der Waals surface area contributed by atoms with Crippen molar-refractivity contribution in [3.05, 3.63) is 105 Å². The van der Waals surface area contributed by atoms with Gasteiger partial charge < -0.3 is 36.9 Å². The van der Waals surface area contributed by atoms with E-state index in [1.54, 1.807) is 12.1 Å². The fraction of sp³-hybridized carbons (Fsp3) is 0.250. The van der Waals surface area contributed by atoms with Gasteiger partial charge in [0.05, 0.1) is 16.9 Å². The molecule has 2 aliphatic carbocycles. The van der Waals surface area contributed by atoms with Gasteiger partial charge in [-0.2, -0.15) is 5.26 Å². The normalized spacial score (nSPS) is 14.2. The van der Waals surface area contributed by atoms with Crippen LogP contribution < -0.4 is 27.8 Å². The Morgan fingerprint density at radius 3 is 1.58 bits per heavy atom. The van der Waals surface area contributed by atoms with Gasteiger partial charge in [0, 0.05) is 35.3 Å². The van der Waals surface area contributed by atoms with E-state index in [-0.39, 0.29) is 45.2 Å². The van der Waals surface area contributed by atoms with E-state index in [1.807, 2.05) is 60.7 Å². The van der Waals surface area contributed by atoms with Gasteiger partial charge >= 0.3 is 0 Å². The Morgan fingerprint density at radius 1 is 0.691 bits per heavy atom. The van der Waals surface area contributed by atoms with Gasteiger partial charge in [0.2, 0.25) is 23.1 Å². The number of carbonyl (C=O) groups excluding carboxylic acids is 3. The van der Waals surface area contributed by atoms with Crippen LogP contribution in [0.3, 0.4) is 0 Å². The lowest BCUT2D eigenvalue weighted by atomic mass is 10.1. The van der Waals surface area contributed by atoms with Crippen molar-refractivity contribution in [2.75, 3.05) is 22.1 Å². The lowest BCUT2D eigenvalue weighted by Gasteiger charge is -2.12. The molecule has 8 N–H and O–H groups in total. The van der Waals surface area contributed by atoms with E-state index in [9.17, 15) is 19.6 Å². The molecule has 0 atom stereocenters. The number of amides is 1. The molecule has 2 fully saturated rings. The summed E-state index contributed by atoms with van der Waals surface area (Å²) in [6, 6.07) is 24.8. The third kappa shape index (κ3) is 8.01. The smallest absolute Gasteiger partial charge is 0.253 e. The third-order valence-corrected chi connectivity index (χ3v) is 11.9. The maximum absolute atomic E-state index is 13.0. The van der Waals surface area contributed by atoms with Crippen molar-refractivity contribution in [2.24, 2.45) is 5.73 Å². The molecule has 0 aliphatic heterocycles. The molecule has 4 heterocycles. The van der Waals surface area contributed by atoms with E-state index in [0.717, 1.165) is 61.0 Å². The summed E-state index contributed by atoms with van der Waals surface area (Å²) in [5.74, 6) is -1.26. The molecule has 0 saturated heterocycles. The molecule has 2 aromatic carbocycles. The second-order valence-electron chi connectivity index (χ2n) is 13.4. The van der Waals surface area contributed by atoms with Crippen molar-refractivity contribution < 1.29 is 23.4 Å². The van der Waals surface area contributed by atoms with Crippen LogP contribution in [-0.4, -0.2) is 39.9 Å². The number of anilines is 4. The largest absolute Gasteiger partial charge is 0.397 e. The molecule has 13 nitrogen and oxygen atoms in total. The molecule has 55 heavy (non-hydrogen) atoms. The molecule has 0 bridgehead atoms. The summed E-state index contributed by atoms with van der Waals surface area (Å²) in [7, 11) is 0. The SMILES string of the molecule is N#Cc1c(NC2CCCC2)sc(C(=O)c2cc(-c3ccccc3)no2)c1N.NC(=O)c1c(NC2CCCC2)sc(C(=O)c2cc(-c3ccccc3)no2)c1N. The monoisotopic (exact) mass is 774 g/mol. The number of carbonyl (C=O) groups is 3. The molecule has 2 aliphatic rings. The zero-order valence-electron chi connectivity index (χ0n) is 29.7. The predicted octanol–water partition coefficient (Wildman–Crippen LogP) is 8.11. The number of hydrogen-bond donors (Lipinski definition) is 5. The van der Waals surface area contributed by atoms with Gasteiger partial charge in [0.15, 0.2) is 0 Å². The summed E-state index contributed by atoms with van der Waals surface area (Å²) in [4.78, 5) is 38.3. The van der Waals surface area contributed by atoms with Crippen molar-refractivity contribution in [1.82, 2.24) is 10.3 Å². The number of nitrogens with two attached hydrogens (primary N) is 3. The summed E-state index contributed by atoms with van der Waals surface area (Å²) < 4.78 is 10.5. The van der Waals surface area contributed by atoms with Crippen molar-refractivity contribution in [2.45, 2.75) is 63.5 Å². The summed E-state index contributed by atoms with van der Waals surface area (Å²) in [5.41, 5.74) is 21.4. The van der Waals surface area contributed by atoms with Gasteiger partial charge in [-0.15, -0.1) is 22.7 Å². The number of ketones is 2. The van der Waals surface area contributed by atoms with Crippen LogP contribution in [0.5, 0.6) is 0 Å². The molecular formula is C40H38N8O5S2. The number of nitrogens with zero attached hydrogens (tertiary/aromatic N) is 3. The third-order valence-electron chi connectivity index (χ3n) is 9.65. The maximum atomic E-state index is 13.0. The highest BCUT2D eigenvalue weighted by molar-refractivity contribution is 7.19. The van der Waals surface area contributed by atoms with Gasteiger partial charge in [-0.3, -0.25) is 14.4 Å². The Balaban J connectivity index is 0.000000169. The van der Waals surface area contributed by atoms with Gasteiger partial charge in [-0.1, -0.05) is 96.7 Å². The number of aromatic nitrogens is 2. The zero-order valence-corrected chi connectivity index (χ0v) is 31.3. The topological polar surface area (TPSA) is 229 Å². The molecule has 0 radical (unpaired) electrons. The predicted molar refractivity (Wildman–Crippen MR) is 213 cm³/mol. The van der Waals surface area contributed by atoms with Crippen LogP contribution >= 0.6 is 22.7 Å². The van der Waals surface area contributed by atoms with Gasteiger partial charge in [0.25, 0.3) is 5.91 Å². The molecule has 15 heteroatoms. The number of thiophene rings is 2. The van der Waals surface area contributed by atoms with Crippen LogP contribution in [0.15, 0.2) is 81.8 Å². The number of rotatable bonds is 11. The van der Waals surface area contributed by atoms with Gasteiger partial charge in [-0.05, 0) is 25.7 Å². The maximum Gasteiger partial charge on any atom is 0.253 e. The van der Waals surface area contributed by atoms with Crippen molar-refractivity contribution in [3.8, 4) is 28.6 Å². The van der Waals surface area contributed by atoms with Crippen molar-refractivity contribution in [3.63, 3.8) is 0 Å². The Labute approximate surface area is 324 Å². The highest BCUT2D eigenvalue weighted by Gasteiger charge is 2.30. The minimum Gasteiger partial charge on any atom is -0.397 e. The summed E-state index contributed by atoms with van der Waals surface area (Å²) >= 11 is 2.34. The van der Waals surface area contributed by atoms with E-state index in [1.165, 1.54) is 24.2 Å². The minimum atomic E-state index is -0.657. The fourth-order valence-electron chi connectivity index (χ4n) is 6.77. The zero-order chi connectivity index (χ0) is 38.5. The summed E-state index contributed by atoms with van der Waals surface area (Å²) in [5, 5.41) is 25.3. The van der Waals surface area contributed by atoms with E-state index >= 15 is 0 Å². The summed E-state index contributed by atoms with van der Waals surface area (Å²) in [6.07, 6.45) is 8.78. The molecule has 8 rings (SSSR count). The molecule has 0 unspecified atom stereocenters. The lowest BCUT2D eigenvalue weighted by Crippen LogP contribution is -2.19. The first kappa shape index (κ1) is 37.1. The summed E-state index contributed by atoms with van der Waals surface area (Å²) in [6.45, 7) is 0. The van der Waals surface area contributed by atoms with E-state index in [4.69, 9.17) is 26.2 Å². The Kier molecular flexibility index (Phi) is 11.1. The average Bonchev–Trinajstić information content (AvgIpc) is 4.06. The first-order valence-corrected chi connectivity index (χ1v) is 19.6. The Bertz CT molecular complexity index is 2360. The average molecular weight is 775 g/mol. The quantitative estimate of drug-likeness (QED) is 0.0786. The van der Waals surface area contributed by atoms with Crippen LogP contribution in [0.2, 0.25) is 0 Å². The molecular weight excluding hydrogens is 737 g/mol. The number of benzene rings is 2. The highest BCUT2D eigenvalue weighted by atomic mass is 32.1. The Morgan fingerprint density at radius 2 is 1.13 bits per heavy atom. The second-order valence-corrected chi connectivity index (χ2v) is 15.4. The molecule has 280 valence electrons. The fourth-order valence-corrected chi connectivity index (χ4v) is 9.01. The molecule has 4 aromatic heterocycles. The number of nitriles is 1. The number of hydrogen-bond acceptors (Lipinski definition) is 14. The van der Waals surface area contributed by atoms with Crippen molar-refractivity contribution >= 4 is 61.5 Å². The van der Waals surface area contributed by atoms with Gasteiger partial charge in [-0.25, -0.2) is 0 Å². The second kappa shape index (κ2) is 16.4. The first-order valence-electron chi connectivity index (χ1n) is 17.9. The standard InChI is InChI=1S/C20H20N4O3S.C20H18N4O2S/c21-16-15(19(22)26)20(23-12-8-4-5-9-12)28-18(16)17(25)14-10-13(24-27-14)11-6-2-1-3-7-11;21-11-14-17(22)19(27-20(14)23-13-8-4-5-9-13)18(25)16-10-15(24-26-16)12-6-2-1-3-7-12/h1-3,6-7,10,12,23H,4-5,8-9,21H2,(H2,22,26);1-3,6-7,10,13,23H,4-5,8-9,22H2. The van der Waals surface area contributed by atoms with E-state index in [2.05, 4.69) is 27.0 Å².